The number of ether oxygens (including phenoxy) is 1. The van der Waals surface area contributed by atoms with Gasteiger partial charge >= 0.3 is 0 Å². The minimum Gasteiger partial charge on any atom is -0.497 e. The molecule has 2 aromatic carbocycles. The van der Waals surface area contributed by atoms with Gasteiger partial charge in [0.05, 0.1) is 7.11 Å². The molecule has 0 bridgehead atoms. The van der Waals surface area contributed by atoms with Crippen LogP contribution in [0.3, 0.4) is 0 Å². The van der Waals surface area contributed by atoms with E-state index < -0.39 is 0 Å². The maximum atomic E-state index is 12.3. The summed E-state index contributed by atoms with van der Waals surface area (Å²) in [6.07, 6.45) is 0.840. The number of aromatic nitrogens is 2. The van der Waals surface area contributed by atoms with Gasteiger partial charge in [-0.25, -0.2) is 0 Å². The summed E-state index contributed by atoms with van der Waals surface area (Å²) < 4.78 is 5.12. The maximum absolute atomic E-state index is 12.3. The molecule has 1 heterocycles. The van der Waals surface area contributed by atoms with Gasteiger partial charge in [-0.1, -0.05) is 29.8 Å². The van der Waals surface area contributed by atoms with Gasteiger partial charge in [-0.05, 0) is 54.4 Å². The van der Waals surface area contributed by atoms with Gasteiger partial charge in [0.1, 0.15) is 11.6 Å². The number of nitrogens with one attached hydrogen (secondary N) is 2. The van der Waals surface area contributed by atoms with E-state index in [4.69, 9.17) is 16.3 Å². The SMILES string of the molecule is COc1cccc(C(=O)Nc2ccc(NCCc3ccc(Cl)cc3)nn2)c1. The highest BCUT2D eigenvalue weighted by atomic mass is 35.5. The summed E-state index contributed by atoms with van der Waals surface area (Å²) >= 11 is 5.88. The van der Waals surface area contributed by atoms with Crippen molar-refractivity contribution in [2.75, 3.05) is 24.3 Å². The molecular weight excluding hydrogens is 364 g/mol. The van der Waals surface area contributed by atoms with E-state index in [1.807, 2.05) is 24.3 Å². The maximum Gasteiger partial charge on any atom is 0.256 e. The van der Waals surface area contributed by atoms with Gasteiger partial charge in [0.2, 0.25) is 0 Å². The van der Waals surface area contributed by atoms with Gasteiger partial charge in [-0.2, -0.15) is 0 Å². The summed E-state index contributed by atoms with van der Waals surface area (Å²) in [4.78, 5) is 12.3. The lowest BCUT2D eigenvalue weighted by atomic mass is 10.1. The molecule has 0 radical (unpaired) electrons. The molecule has 7 heteroatoms. The summed E-state index contributed by atoms with van der Waals surface area (Å²) in [7, 11) is 1.56. The predicted molar refractivity (Wildman–Crippen MR) is 107 cm³/mol. The number of amides is 1. The molecule has 0 saturated carbocycles. The Balaban J connectivity index is 1.52. The molecule has 0 aliphatic heterocycles. The molecule has 0 aliphatic carbocycles. The molecule has 3 rings (SSSR count). The monoisotopic (exact) mass is 382 g/mol. The Morgan fingerprint density at radius 3 is 2.48 bits per heavy atom. The minimum atomic E-state index is -0.272. The van der Waals surface area contributed by atoms with Crippen molar-refractivity contribution in [1.82, 2.24) is 10.2 Å². The number of rotatable bonds is 7. The Morgan fingerprint density at radius 2 is 1.78 bits per heavy atom. The molecule has 138 valence electrons. The van der Waals surface area contributed by atoms with Crippen LogP contribution in [-0.2, 0) is 6.42 Å². The molecule has 0 spiro atoms. The van der Waals surface area contributed by atoms with E-state index in [2.05, 4.69) is 20.8 Å². The van der Waals surface area contributed by atoms with Gasteiger partial charge in [0.25, 0.3) is 5.91 Å². The van der Waals surface area contributed by atoms with E-state index in [-0.39, 0.29) is 5.91 Å². The highest BCUT2D eigenvalue weighted by Crippen LogP contribution is 2.14. The van der Waals surface area contributed by atoms with Crippen LogP contribution in [0.25, 0.3) is 0 Å². The number of halogens is 1. The molecule has 0 unspecified atom stereocenters. The van der Waals surface area contributed by atoms with Crippen LogP contribution in [0.4, 0.5) is 11.6 Å². The van der Waals surface area contributed by atoms with Gasteiger partial charge in [0.15, 0.2) is 5.82 Å². The quantitative estimate of drug-likeness (QED) is 0.644. The largest absolute Gasteiger partial charge is 0.497 e. The fraction of sp³-hybridized carbons (Fsp3) is 0.150. The Bertz CT molecular complexity index is 899. The zero-order valence-electron chi connectivity index (χ0n) is 14.8. The van der Waals surface area contributed by atoms with E-state index in [0.29, 0.717) is 29.5 Å². The molecule has 1 aromatic heterocycles. The van der Waals surface area contributed by atoms with Crippen molar-refractivity contribution in [2.24, 2.45) is 0 Å². The number of benzene rings is 2. The fourth-order valence-electron chi connectivity index (χ4n) is 2.43. The van der Waals surface area contributed by atoms with Gasteiger partial charge in [0, 0.05) is 17.1 Å². The smallest absolute Gasteiger partial charge is 0.256 e. The Kier molecular flexibility index (Phi) is 6.22. The van der Waals surface area contributed by atoms with Crippen LogP contribution in [-0.4, -0.2) is 29.8 Å². The second kappa shape index (κ2) is 9.00. The molecule has 2 N–H and O–H groups in total. The average Bonchev–Trinajstić information content (AvgIpc) is 2.71. The Morgan fingerprint density at radius 1 is 1.04 bits per heavy atom. The minimum absolute atomic E-state index is 0.272. The lowest BCUT2D eigenvalue weighted by Gasteiger charge is -2.08. The van der Waals surface area contributed by atoms with Crippen LogP contribution in [0.15, 0.2) is 60.7 Å². The number of hydrogen-bond donors (Lipinski definition) is 2. The number of carbonyl (C=O) groups excluding carboxylic acids is 1. The van der Waals surface area contributed by atoms with Crippen LogP contribution < -0.4 is 15.4 Å². The fourth-order valence-corrected chi connectivity index (χ4v) is 2.56. The predicted octanol–water partition coefficient (Wildman–Crippen LogP) is 4.05. The van der Waals surface area contributed by atoms with Crippen molar-refractivity contribution in [3.63, 3.8) is 0 Å². The number of carbonyl (C=O) groups is 1. The van der Waals surface area contributed by atoms with Crippen LogP contribution in [0, 0.1) is 0 Å². The topological polar surface area (TPSA) is 76.1 Å². The summed E-state index contributed by atoms with van der Waals surface area (Å²) in [5.74, 6) is 1.37. The lowest BCUT2D eigenvalue weighted by Crippen LogP contribution is -2.14. The number of hydrogen-bond acceptors (Lipinski definition) is 5. The highest BCUT2D eigenvalue weighted by molar-refractivity contribution is 6.30. The first-order valence-corrected chi connectivity index (χ1v) is 8.79. The van der Waals surface area contributed by atoms with Crippen molar-refractivity contribution in [3.05, 3.63) is 76.8 Å². The van der Waals surface area contributed by atoms with Crippen molar-refractivity contribution >= 4 is 29.1 Å². The molecule has 0 atom stereocenters. The first-order valence-electron chi connectivity index (χ1n) is 8.41. The highest BCUT2D eigenvalue weighted by Gasteiger charge is 2.08. The second-order valence-corrected chi connectivity index (χ2v) is 6.23. The molecule has 1 amide bonds. The Labute approximate surface area is 162 Å². The lowest BCUT2D eigenvalue weighted by molar-refractivity contribution is 0.102. The van der Waals surface area contributed by atoms with Crippen molar-refractivity contribution in [1.29, 1.82) is 0 Å². The molecule has 0 fully saturated rings. The van der Waals surface area contributed by atoms with Crippen LogP contribution in [0.5, 0.6) is 5.75 Å². The third-order valence-electron chi connectivity index (χ3n) is 3.87. The third kappa shape index (κ3) is 5.43. The number of anilines is 2. The molecule has 6 nitrogen and oxygen atoms in total. The van der Waals surface area contributed by atoms with Crippen molar-refractivity contribution < 1.29 is 9.53 Å². The van der Waals surface area contributed by atoms with E-state index >= 15 is 0 Å². The van der Waals surface area contributed by atoms with E-state index in [9.17, 15) is 4.79 Å². The van der Waals surface area contributed by atoms with Gasteiger partial charge < -0.3 is 15.4 Å². The van der Waals surface area contributed by atoms with Gasteiger partial charge in [-0.3, -0.25) is 4.79 Å². The van der Waals surface area contributed by atoms with E-state index in [0.717, 1.165) is 11.4 Å². The first-order chi connectivity index (χ1) is 13.1. The van der Waals surface area contributed by atoms with Crippen molar-refractivity contribution in [3.8, 4) is 5.75 Å². The van der Waals surface area contributed by atoms with Crippen LogP contribution in [0.1, 0.15) is 15.9 Å². The molecular formula is C20H19ClN4O2. The number of methoxy groups -OCH3 is 1. The van der Waals surface area contributed by atoms with Crippen LogP contribution >= 0.6 is 11.6 Å². The summed E-state index contributed by atoms with van der Waals surface area (Å²) in [5.41, 5.74) is 1.67. The molecule has 27 heavy (non-hydrogen) atoms. The third-order valence-corrected chi connectivity index (χ3v) is 4.12. The zero-order chi connectivity index (χ0) is 19.1. The molecule has 0 saturated heterocycles. The summed E-state index contributed by atoms with van der Waals surface area (Å²) in [5, 5.41) is 14.8. The second-order valence-electron chi connectivity index (χ2n) is 5.79. The normalized spacial score (nSPS) is 10.3. The Hall–Kier alpha value is -3.12. The van der Waals surface area contributed by atoms with Gasteiger partial charge in [-0.15, -0.1) is 10.2 Å². The van der Waals surface area contributed by atoms with Crippen LogP contribution in [0.2, 0.25) is 5.02 Å². The van der Waals surface area contributed by atoms with E-state index in [1.54, 1.807) is 43.5 Å². The summed E-state index contributed by atoms with van der Waals surface area (Å²) in [6.45, 7) is 0.714. The molecule has 0 aliphatic rings. The van der Waals surface area contributed by atoms with E-state index in [1.165, 1.54) is 5.56 Å². The first kappa shape index (κ1) is 18.7. The standard InChI is InChI=1S/C20H19ClN4O2/c1-27-17-4-2-3-15(13-17)20(26)23-19-10-9-18(24-25-19)22-12-11-14-5-7-16(21)8-6-14/h2-10,13H,11-12H2,1H3,(H,22,24)(H,23,25,26). The number of nitrogens with zero attached hydrogens (tertiary/aromatic N) is 2. The van der Waals surface area contributed by atoms with Crippen molar-refractivity contribution in [2.45, 2.75) is 6.42 Å². The molecule has 3 aromatic rings. The summed E-state index contributed by atoms with van der Waals surface area (Å²) in [6, 6.07) is 18.1. The average molecular weight is 383 g/mol. The zero-order valence-corrected chi connectivity index (χ0v) is 15.5.